The number of benzene rings is 1. The van der Waals surface area contributed by atoms with Crippen LogP contribution in [0.2, 0.25) is 0 Å². The second-order valence-corrected chi connectivity index (χ2v) is 5.73. The van der Waals surface area contributed by atoms with Crippen molar-refractivity contribution in [1.82, 2.24) is 5.32 Å². The van der Waals surface area contributed by atoms with E-state index < -0.39 is 23.4 Å². The number of alkyl carbamates (subject to hydrolysis) is 1. The highest BCUT2D eigenvalue weighted by atomic mass is 19.4. The maximum Gasteiger partial charge on any atom is 0.416 e. The molecule has 0 aliphatic rings. The molecule has 1 rings (SSSR count). The van der Waals surface area contributed by atoms with Crippen molar-refractivity contribution in [1.29, 1.82) is 0 Å². The van der Waals surface area contributed by atoms with E-state index in [9.17, 15) is 18.0 Å². The van der Waals surface area contributed by atoms with E-state index in [0.29, 0.717) is 5.56 Å². The molecule has 0 saturated heterocycles. The number of alkyl halides is 3. The van der Waals surface area contributed by atoms with Crippen molar-refractivity contribution in [3.8, 4) is 0 Å². The number of hydrogen-bond acceptors (Lipinski definition) is 4. The van der Waals surface area contributed by atoms with Crippen LogP contribution >= 0.6 is 0 Å². The van der Waals surface area contributed by atoms with Crippen molar-refractivity contribution in [3.05, 3.63) is 35.4 Å². The minimum atomic E-state index is -4.44. The summed E-state index contributed by atoms with van der Waals surface area (Å²) in [5.74, 6) is 5.24. The second-order valence-electron chi connectivity index (χ2n) is 5.73. The molecule has 0 aromatic heterocycles. The Morgan fingerprint density at radius 3 is 2.48 bits per heavy atom. The normalized spacial score (nSPS) is 12.3. The maximum absolute atomic E-state index is 12.6. The highest BCUT2D eigenvalue weighted by Crippen LogP contribution is 2.32. The number of ether oxygens (including phenoxy) is 1. The van der Waals surface area contributed by atoms with Crippen LogP contribution in [0.15, 0.2) is 24.3 Å². The topological polar surface area (TPSA) is 76.4 Å². The van der Waals surface area contributed by atoms with Crippen molar-refractivity contribution < 1.29 is 22.7 Å². The number of nitrogens with two attached hydrogens (primary N) is 1. The molecule has 0 heterocycles. The molecule has 0 unspecified atom stereocenters. The summed E-state index contributed by atoms with van der Waals surface area (Å²) in [7, 11) is 0. The first-order valence-corrected chi connectivity index (χ1v) is 6.84. The fraction of sp³-hybridized carbons (Fsp3) is 0.400. The highest BCUT2D eigenvalue weighted by molar-refractivity contribution is 5.69. The third-order valence-corrected chi connectivity index (χ3v) is 2.60. The fourth-order valence-corrected chi connectivity index (χ4v) is 1.65. The molecule has 4 N–H and O–H groups in total. The number of anilines is 1. The highest BCUT2D eigenvalue weighted by Gasteiger charge is 2.30. The van der Waals surface area contributed by atoms with Crippen LogP contribution in [-0.2, 0) is 10.9 Å². The van der Waals surface area contributed by atoms with Gasteiger partial charge in [-0.1, -0.05) is 18.2 Å². The van der Waals surface area contributed by atoms with Crippen LogP contribution in [-0.4, -0.2) is 18.2 Å². The zero-order chi connectivity index (χ0) is 17.7. The summed E-state index contributed by atoms with van der Waals surface area (Å²) in [5, 5.41) is 2.50. The monoisotopic (exact) mass is 331 g/mol. The first-order valence-electron chi connectivity index (χ1n) is 6.84. The van der Waals surface area contributed by atoms with Gasteiger partial charge in [0.1, 0.15) is 5.60 Å². The summed E-state index contributed by atoms with van der Waals surface area (Å²) in [6.45, 7) is 5.39. The van der Waals surface area contributed by atoms with Crippen LogP contribution < -0.4 is 16.6 Å². The van der Waals surface area contributed by atoms with E-state index in [4.69, 9.17) is 10.6 Å². The summed E-state index contributed by atoms with van der Waals surface area (Å²) in [5.41, 5.74) is 1.43. The molecule has 0 spiro atoms. The van der Waals surface area contributed by atoms with Gasteiger partial charge in [0.05, 0.1) is 11.3 Å². The van der Waals surface area contributed by atoms with E-state index in [-0.39, 0.29) is 12.2 Å². The first kappa shape index (κ1) is 18.8. The molecule has 23 heavy (non-hydrogen) atoms. The zero-order valence-electron chi connectivity index (χ0n) is 13.1. The van der Waals surface area contributed by atoms with E-state index >= 15 is 0 Å². The third-order valence-electron chi connectivity index (χ3n) is 2.60. The molecule has 0 aliphatic carbocycles. The lowest BCUT2D eigenvalue weighted by atomic mass is 10.1. The number of amides is 1. The summed E-state index contributed by atoms with van der Waals surface area (Å²) in [4.78, 5) is 11.4. The number of nitrogens with one attached hydrogen (secondary N) is 2. The Morgan fingerprint density at radius 1 is 1.30 bits per heavy atom. The van der Waals surface area contributed by atoms with E-state index in [0.717, 1.165) is 12.1 Å². The number of hydrazine groups is 1. The SMILES string of the molecule is CC(C)(C)OC(=O)NCC=Cc1ccc(C(F)(F)F)cc1NN. The number of halogens is 3. The number of rotatable bonds is 4. The Hall–Kier alpha value is -2.22. The second kappa shape index (κ2) is 7.36. The molecule has 1 aromatic carbocycles. The van der Waals surface area contributed by atoms with Gasteiger partial charge in [0.2, 0.25) is 0 Å². The molecule has 0 fully saturated rings. The minimum Gasteiger partial charge on any atom is -0.444 e. The predicted molar refractivity (Wildman–Crippen MR) is 82.5 cm³/mol. The van der Waals surface area contributed by atoms with Gasteiger partial charge in [-0.2, -0.15) is 13.2 Å². The van der Waals surface area contributed by atoms with Gasteiger partial charge >= 0.3 is 12.3 Å². The van der Waals surface area contributed by atoms with E-state index in [2.05, 4.69) is 10.7 Å². The molecule has 1 amide bonds. The van der Waals surface area contributed by atoms with Crippen molar-refractivity contribution in [3.63, 3.8) is 0 Å². The number of hydrogen-bond donors (Lipinski definition) is 3. The average molecular weight is 331 g/mol. The quantitative estimate of drug-likeness (QED) is 0.583. The number of nitrogen functional groups attached to an aromatic ring is 1. The fourth-order valence-electron chi connectivity index (χ4n) is 1.65. The average Bonchev–Trinajstić information content (AvgIpc) is 2.40. The summed E-state index contributed by atoms with van der Waals surface area (Å²) in [6, 6.07) is 3.17. The summed E-state index contributed by atoms with van der Waals surface area (Å²) in [6.07, 6.45) is -1.89. The Kier molecular flexibility index (Phi) is 6.03. The Bertz CT molecular complexity index is 578. The maximum atomic E-state index is 12.6. The van der Waals surface area contributed by atoms with Crippen molar-refractivity contribution >= 4 is 17.9 Å². The third kappa shape index (κ3) is 6.60. The number of carbonyl (C=O) groups is 1. The molecular formula is C15H20F3N3O2. The van der Waals surface area contributed by atoms with Gasteiger partial charge in [-0.3, -0.25) is 5.84 Å². The molecule has 128 valence electrons. The largest absolute Gasteiger partial charge is 0.444 e. The summed E-state index contributed by atoms with van der Waals surface area (Å²) >= 11 is 0. The lowest BCUT2D eigenvalue weighted by Crippen LogP contribution is -2.32. The molecular weight excluding hydrogens is 311 g/mol. The van der Waals surface area contributed by atoms with Crippen LogP contribution in [0.4, 0.5) is 23.7 Å². The van der Waals surface area contributed by atoms with Gasteiger partial charge in [-0.25, -0.2) is 4.79 Å². The van der Waals surface area contributed by atoms with Crippen LogP contribution in [0, 0.1) is 0 Å². The first-order chi connectivity index (χ1) is 10.5. The van der Waals surface area contributed by atoms with Crippen LogP contribution in [0.3, 0.4) is 0 Å². The lowest BCUT2D eigenvalue weighted by Gasteiger charge is -2.19. The standard InChI is InChI=1S/C15H20F3N3O2/c1-14(2,3)23-13(22)20-8-4-5-10-6-7-11(15(16,17)18)9-12(10)21-19/h4-7,9,21H,8,19H2,1-3H3,(H,20,22). The molecule has 1 aromatic rings. The zero-order valence-corrected chi connectivity index (χ0v) is 13.1. The smallest absolute Gasteiger partial charge is 0.416 e. The molecule has 0 atom stereocenters. The predicted octanol–water partition coefficient (Wildman–Crippen LogP) is 3.53. The van der Waals surface area contributed by atoms with E-state index in [1.807, 2.05) is 0 Å². The van der Waals surface area contributed by atoms with Crippen LogP contribution in [0.25, 0.3) is 6.08 Å². The van der Waals surface area contributed by atoms with E-state index in [1.54, 1.807) is 32.9 Å². The molecule has 0 radical (unpaired) electrons. The van der Waals surface area contributed by atoms with Crippen molar-refractivity contribution in [2.24, 2.45) is 5.84 Å². The number of carbonyl (C=O) groups excluding carboxylic acids is 1. The molecule has 5 nitrogen and oxygen atoms in total. The van der Waals surface area contributed by atoms with Crippen LogP contribution in [0.1, 0.15) is 31.9 Å². The molecule has 0 bridgehead atoms. The Balaban J connectivity index is 2.68. The van der Waals surface area contributed by atoms with Crippen LogP contribution in [0.5, 0.6) is 0 Å². The Labute approximate surface area is 132 Å². The molecule has 0 aliphatic heterocycles. The minimum absolute atomic E-state index is 0.133. The van der Waals surface area contributed by atoms with Gasteiger partial charge in [0.25, 0.3) is 0 Å². The Morgan fingerprint density at radius 2 is 1.96 bits per heavy atom. The molecule has 0 saturated carbocycles. The van der Waals surface area contributed by atoms with Gasteiger partial charge in [-0.05, 0) is 38.5 Å². The van der Waals surface area contributed by atoms with E-state index in [1.165, 1.54) is 6.07 Å². The van der Waals surface area contributed by atoms with Gasteiger partial charge in [-0.15, -0.1) is 0 Å². The molecule has 8 heteroatoms. The van der Waals surface area contributed by atoms with Crippen molar-refractivity contribution in [2.75, 3.05) is 12.0 Å². The summed E-state index contributed by atoms with van der Waals surface area (Å²) < 4.78 is 42.9. The van der Waals surface area contributed by atoms with Gasteiger partial charge in [0, 0.05) is 6.54 Å². The lowest BCUT2D eigenvalue weighted by molar-refractivity contribution is -0.137. The van der Waals surface area contributed by atoms with Crippen molar-refractivity contribution in [2.45, 2.75) is 32.5 Å². The van der Waals surface area contributed by atoms with Gasteiger partial charge in [0.15, 0.2) is 0 Å². The van der Waals surface area contributed by atoms with Gasteiger partial charge < -0.3 is 15.5 Å².